The molecule has 1 heterocycles. The molecule has 8 nitrogen and oxygen atoms in total. The van der Waals surface area contributed by atoms with Crippen molar-refractivity contribution in [3.8, 4) is 17.2 Å². The number of ether oxygens (including phenoxy) is 3. The number of halogens is 1. The van der Waals surface area contributed by atoms with E-state index in [2.05, 4.69) is 15.3 Å². The number of H-pyrrole nitrogens is 1. The molecule has 0 atom stereocenters. The number of carbonyl (C=O) groups is 1. The molecule has 1 aromatic heterocycles. The van der Waals surface area contributed by atoms with Gasteiger partial charge < -0.3 is 24.5 Å². The lowest BCUT2D eigenvalue weighted by Crippen LogP contribution is -2.28. The second-order valence-corrected chi connectivity index (χ2v) is 6.85. The zero-order valence-electron chi connectivity index (χ0n) is 17.3. The highest BCUT2D eigenvalue weighted by atomic mass is 35.5. The second-order valence-electron chi connectivity index (χ2n) is 6.44. The molecule has 0 saturated carbocycles. The summed E-state index contributed by atoms with van der Waals surface area (Å²) in [5.41, 5.74) is 0.851. The zero-order chi connectivity index (χ0) is 22.4. The van der Waals surface area contributed by atoms with Crippen LogP contribution in [0.25, 0.3) is 22.0 Å². The molecule has 0 fully saturated rings. The van der Waals surface area contributed by atoms with Crippen molar-refractivity contribution in [2.45, 2.75) is 6.92 Å². The highest BCUT2D eigenvalue weighted by molar-refractivity contribution is 6.50. The summed E-state index contributed by atoms with van der Waals surface area (Å²) in [7, 11) is 3.00. The number of methoxy groups -OCH3 is 2. The molecule has 0 spiro atoms. The van der Waals surface area contributed by atoms with Crippen LogP contribution in [0.4, 0.5) is 0 Å². The number of aromatic amines is 1. The van der Waals surface area contributed by atoms with Crippen LogP contribution in [0.1, 0.15) is 18.3 Å². The van der Waals surface area contributed by atoms with Crippen molar-refractivity contribution in [1.82, 2.24) is 15.3 Å². The monoisotopic (exact) mass is 443 g/mol. The van der Waals surface area contributed by atoms with E-state index < -0.39 is 0 Å². The molecule has 0 radical (unpaired) electrons. The Morgan fingerprint density at radius 2 is 1.84 bits per heavy atom. The van der Waals surface area contributed by atoms with E-state index in [4.69, 9.17) is 25.8 Å². The van der Waals surface area contributed by atoms with E-state index in [1.54, 1.807) is 42.5 Å². The lowest BCUT2D eigenvalue weighted by atomic mass is 10.2. The van der Waals surface area contributed by atoms with E-state index in [0.717, 1.165) is 5.56 Å². The van der Waals surface area contributed by atoms with Crippen LogP contribution in [0.3, 0.4) is 0 Å². The molecule has 0 saturated heterocycles. The summed E-state index contributed by atoms with van der Waals surface area (Å²) >= 11 is 6.41. The molecule has 0 aliphatic heterocycles. The summed E-state index contributed by atoms with van der Waals surface area (Å²) in [6.07, 6.45) is 1.67. The Bertz CT molecular complexity index is 1170. The number of hydrogen-bond acceptors (Lipinski definition) is 6. The van der Waals surface area contributed by atoms with E-state index in [1.807, 2.05) is 6.92 Å². The summed E-state index contributed by atoms with van der Waals surface area (Å²) in [5, 5.41) is 3.28. The van der Waals surface area contributed by atoms with Crippen molar-refractivity contribution < 1.29 is 19.0 Å². The molecule has 0 bridgehead atoms. The molecule has 31 heavy (non-hydrogen) atoms. The number of rotatable bonds is 8. The van der Waals surface area contributed by atoms with E-state index >= 15 is 0 Å². The number of fused-ring (bicyclic) bond motifs is 1. The van der Waals surface area contributed by atoms with E-state index in [-0.39, 0.29) is 28.9 Å². The molecule has 2 N–H and O–H groups in total. The number of likely N-dealkylation sites (N-methyl/N-ethyl adjacent to an activating group) is 1. The lowest BCUT2D eigenvalue weighted by Gasteiger charge is -2.09. The van der Waals surface area contributed by atoms with Crippen molar-refractivity contribution in [2.24, 2.45) is 0 Å². The third-order valence-corrected chi connectivity index (χ3v) is 4.64. The molecular formula is C22H22ClN3O5. The van der Waals surface area contributed by atoms with Crippen molar-refractivity contribution >= 4 is 39.5 Å². The maximum atomic E-state index is 12.5. The Morgan fingerprint density at radius 1 is 1.16 bits per heavy atom. The number of nitrogens with one attached hydrogen (secondary N) is 2. The van der Waals surface area contributed by atoms with Gasteiger partial charge in [-0.05, 0) is 36.8 Å². The minimum Gasteiger partial charge on any atom is -0.493 e. The van der Waals surface area contributed by atoms with Gasteiger partial charge in [0, 0.05) is 12.6 Å². The number of aromatic nitrogens is 2. The van der Waals surface area contributed by atoms with Gasteiger partial charge in [-0.2, -0.15) is 0 Å². The van der Waals surface area contributed by atoms with Gasteiger partial charge in [-0.15, -0.1) is 0 Å². The normalized spacial score (nSPS) is 11.3. The van der Waals surface area contributed by atoms with Crippen molar-refractivity contribution in [3.05, 3.63) is 58.1 Å². The van der Waals surface area contributed by atoms with Gasteiger partial charge in [0.15, 0.2) is 23.9 Å². The summed E-state index contributed by atoms with van der Waals surface area (Å²) in [6.45, 7) is 2.34. The largest absolute Gasteiger partial charge is 0.493 e. The van der Waals surface area contributed by atoms with E-state index in [1.165, 1.54) is 14.2 Å². The SMILES string of the molecule is CCNC(=O)COc1ccc(/C=C(/Cl)c2nc3cc(OC)c(OC)cc3c(=O)[nH]2)cc1. The second kappa shape index (κ2) is 9.99. The minimum atomic E-state index is -0.346. The molecule has 2 aromatic carbocycles. The summed E-state index contributed by atoms with van der Waals surface area (Å²) < 4.78 is 15.9. The third kappa shape index (κ3) is 5.35. The molecule has 162 valence electrons. The van der Waals surface area contributed by atoms with Crippen molar-refractivity contribution in [1.29, 1.82) is 0 Å². The van der Waals surface area contributed by atoms with Crippen molar-refractivity contribution in [2.75, 3.05) is 27.4 Å². The van der Waals surface area contributed by atoms with Crippen LogP contribution >= 0.6 is 11.6 Å². The average molecular weight is 444 g/mol. The molecule has 3 rings (SSSR count). The molecule has 9 heteroatoms. The van der Waals surface area contributed by atoms with Crippen LogP contribution in [0.5, 0.6) is 17.2 Å². The Labute approximate surface area is 183 Å². The molecule has 0 aliphatic rings. The topological polar surface area (TPSA) is 103 Å². The first-order valence-electron chi connectivity index (χ1n) is 9.48. The summed E-state index contributed by atoms with van der Waals surface area (Å²) in [5.74, 6) is 1.49. The van der Waals surface area contributed by atoms with Crippen LogP contribution in [0.2, 0.25) is 0 Å². The van der Waals surface area contributed by atoms with Gasteiger partial charge in [0.2, 0.25) is 0 Å². The Hall–Kier alpha value is -3.52. The molecule has 0 unspecified atom stereocenters. The van der Waals surface area contributed by atoms with Gasteiger partial charge in [-0.1, -0.05) is 23.7 Å². The smallest absolute Gasteiger partial charge is 0.259 e. The Morgan fingerprint density at radius 3 is 2.48 bits per heavy atom. The molecule has 1 amide bonds. The van der Waals surface area contributed by atoms with Crippen LogP contribution < -0.4 is 25.1 Å². The third-order valence-electron chi connectivity index (χ3n) is 4.35. The average Bonchev–Trinajstić information content (AvgIpc) is 2.77. The van der Waals surface area contributed by atoms with E-state index in [0.29, 0.717) is 34.7 Å². The predicted octanol–water partition coefficient (Wildman–Crippen LogP) is 3.19. The molecule has 0 aliphatic carbocycles. The standard InChI is InChI=1S/C22H22ClN3O5/c1-4-24-20(27)12-31-14-7-5-13(6-8-14)9-16(23)21-25-17-11-19(30-3)18(29-2)10-15(17)22(28)26-21/h5-11H,4,12H2,1-3H3,(H,24,27)(H,25,26,28)/b16-9+. The Balaban J connectivity index is 1.84. The summed E-state index contributed by atoms with van der Waals surface area (Å²) in [6, 6.07) is 10.2. The first-order chi connectivity index (χ1) is 14.9. The number of nitrogens with zero attached hydrogens (tertiary/aromatic N) is 1. The van der Waals surface area contributed by atoms with Gasteiger partial charge in [0.05, 0.1) is 30.2 Å². The van der Waals surface area contributed by atoms with Gasteiger partial charge in [-0.3, -0.25) is 9.59 Å². The molecule has 3 aromatic rings. The first kappa shape index (κ1) is 22.2. The minimum absolute atomic E-state index is 0.0553. The maximum absolute atomic E-state index is 12.5. The first-order valence-corrected chi connectivity index (χ1v) is 9.86. The van der Waals surface area contributed by atoms with Gasteiger partial charge in [0.1, 0.15) is 5.75 Å². The fourth-order valence-corrected chi connectivity index (χ4v) is 3.07. The highest BCUT2D eigenvalue weighted by Crippen LogP contribution is 2.30. The number of hydrogen-bond donors (Lipinski definition) is 2. The zero-order valence-corrected chi connectivity index (χ0v) is 18.1. The van der Waals surface area contributed by atoms with Crippen LogP contribution in [0, 0.1) is 0 Å². The lowest BCUT2D eigenvalue weighted by molar-refractivity contribution is -0.122. The fourth-order valence-electron chi connectivity index (χ4n) is 2.85. The van der Waals surface area contributed by atoms with Crippen LogP contribution in [-0.2, 0) is 4.79 Å². The summed E-state index contributed by atoms with van der Waals surface area (Å²) in [4.78, 5) is 31.1. The van der Waals surface area contributed by atoms with Gasteiger partial charge >= 0.3 is 0 Å². The van der Waals surface area contributed by atoms with Crippen LogP contribution in [-0.4, -0.2) is 43.2 Å². The maximum Gasteiger partial charge on any atom is 0.259 e. The van der Waals surface area contributed by atoms with Crippen molar-refractivity contribution in [3.63, 3.8) is 0 Å². The van der Waals surface area contributed by atoms with Gasteiger partial charge in [-0.25, -0.2) is 4.98 Å². The van der Waals surface area contributed by atoms with E-state index in [9.17, 15) is 9.59 Å². The van der Waals surface area contributed by atoms with Gasteiger partial charge in [0.25, 0.3) is 11.5 Å². The number of amides is 1. The predicted molar refractivity (Wildman–Crippen MR) is 120 cm³/mol. The highest BCUT2D eigenvalue weighted by Gasteiger charge is 2.12. The quantitative estimate of drug-likeness (QED) is 0.554. The van der Waals surface area contributed by atoms with Crippen LogP contribution in [0.15, 0.2) is 41.2 Å². The number of benzene rings is 2. The number of carbonyl (C=O) groups excluding carboxylic acids is 1. The molecular weight excluding hydrogens is 422 g/mol. The fraction of sp³-hybridized carbons (Fsp3) is 0.227. The Kier molecular flexibility index (Phi) is 7.15.